The number of rotatable bonds is 12. The van der Waals surface area contributed by atoms with Gasteiger partial charge in [0.25, 0.3) is 0 Å². The van der Waals surface area contributed by atoms with E-state index in [1.807, 2.05) is 27.7 Å². The van der Waals surface area contributed by atoms with Gasteiger partial charge in [0.1, 0.15) is 12.2 Å². The van der Waals surface area contributed by atoms with Gasteiger partial charge < -0.3 is 51.3 Å². The summed E-state index contributed by atoms with van der Waals surface area (Å²) in [6.45, 7) is 18.5. The van der Waals surface area contributed by atoms with Crippen LogP contribution in [-0.4, -0.2) is 143 Å². The second-order valence-corrected chi connectivity index (χ2v) is 17.6. The van der Waals surface area contributed by atoms with E-state index in [2.05, 4.69) is 20.8 Å². The molecule has 5 fully saturated rings. The number of hydrogen-bond donors (Lipinski definition) is 3. The molecule has 17 atom stereocenters. The van der Waals surface area contributed by atoms with Crippen molar-refractivity contribution in [2.75, 3.05) is 6.61 Å². The van der Waals surface area contributed by atoms with Crippen LogP contribution in [0.25, 0.3) is 0 Å². The number of carboxylic acids is 1. The normalized spacial score (nSPS) is 45.3. The van der Waals surface area contributed by atoms with Gasteiger partial charge in [0, 0.05) is 43.4 Å². The molecule has 1 unspecified atom stereocenters. The van der Waals surface area contributed by atoms with Gasteiger partial charge >= 0.3 is 55.6 Å². The minimum atomic E-state index is -1.59. The van der Waals surface area contributed by atoms with Gasteiger partial charge in [0.2, 0.25) is 0 Å². The number of hydrogen-bond acceptors (Lipinski definition) is 12. The molecule has 0 radical (unpaired) electrons. The van der Waals surface area contributed by atoms with Crippen molar-refractivity contribution >= 4 is 55.6 Å². The molecular formula is C40H68CaO13. The summed E-state index contributed by atoms with van der Waals surface area (Å²) in [4.78, 5) is 37.3. The average molecular weight is 797 g/mol. The van der Waals surface area contributed by atoms with Crippen molar-refractivity contribution in [3.63, 3.8) is 0 Å². The van der Waals surface area contributed by atoms with E-state index in [9.17, 15) is 29.7 Å². The Morgan fingerprint density at radius 3 is 2.19 bits per heavy atom. The van der Waals surface area contributed by atoms with E-state index >= 15 is 0 Å². The third-order valence-corrected chi connectivity index (χ3v) is 13.5. The van der Waals surface area contributed by atoms with E-state index in [1.165, 1.54) is 6.92 Å². The SMILES string of the molecule is CCC(=O)O[C@H]([C@H](C)[C@H]1O[C@@]2(CC[C@@](C)([C@H]3CC[C@@](C)(C4O[C@@H]([C@H]5O[C@@](O)(CO)[C@H](C)C[C@@H]5C)C[C@@H]4C)O3)O2)C[C@H](OC(=O)CC)[C@H]1C)[C@@H](C)C(=O)O.[Ca+2].[H-].[H-]. The molecule has 5 aliphatic heterocycles. The Morgan fingerprint density at radius 1 is 0.907 bits per heavy atom. The van der Waals surface area contributed by atoms with Crippen LogP contribution in [0.3, 0.4) is 0 Å². The van der Waals surface area contributed by atoms with Crippen molar-refractivity contribution in [3.05, 3.63) is 0 Å². The molecule has 5 aliphatic rings. The third kappa shape index (κ3) is 9.15. The zero-order chi connectivity index (χ0) is 39.3. The number of aliphatic hydroxyl groups is 2. The topological polar surface area (TPSA) is 177 Å². The molecule has 308 valence electrons. The summed E-state index contributed by atoms with van der Waals surface area (Å²) in [5, 5.41) is 30.9. The third-order valence-electron chi connectivity index (χ3n) is 13.5. The van der Waals surface area contributed by atoms with Crippen LogP contribution in [0, 0.1) is 35.5 Å². The summed E-state index contributed by atoms with van der Waals surface area (Å²) in [5.41, 5.74) is -1.36. The maximum Gasteiger partial charge on any atom is 2.00 e. The van der Waals surface area contributed by atoms with Gasteiger partial charge in [-0.1, -0.05) is 48.5 Å². The Hall–Kier alpha value is -0.610. The zero-order valence-electron chi connectivity index (χ0n) is 36.2. The molecule has 14 heteroatoms. The fourth-order valence-corrected chi connectivity index (χ4v) is 10.0. The summed E-state index contributed by atoms with van der Waals surface area (Å²) in [6, 6.07) is 0. The molecule has 0 aromatic carbocycles. The Balaban J connectivity index is 0.00000361. The summed E-state index contributed by atoms with van der Waals surface area (Å²) < 4.78 is 45.6. The van der Waals surface area contributed by atoms with Crippen molar-refractivity contribution in [1.29, 1.82) is 0 Å². The van der Waals surface area contributed by atoms with Crippen LogP contribution in [0.2, 0.25) is 0 Å². The fraction of sp³-hybridized carbons (Fsp3) is 0.925. The van der Waals surface area contributed by atoms with E-state index in [0.717, 1.165) is 25.7 Å². The quantitative estimate of drug-likeness (QED) is 0.178. The summed E-state index contributed by atoms with van der Waals surface area (Å²) in [6.07, 6.45) is 1.37. The first-order chi connectivity index (χ1) is 24.7. The molecule has 0 aromatic rings. The van der Waals surface area contributed by atoms with Gasteiger partial charge in [-0.15, -0.1) is 0 Å². The first-order valence-corrected chi connectivity index (χ1v) is 20.1. The summed E-state index contributed by atoms with van der Waals surface area (Å²) in [7, 11) is 0. The van der Waals surface area contributed by atoms with Crippen LogP contribution >= 0.6 is 0 Å². The second kappa shape index (κ2) is 17.7. The number of aliphatic hydroxyl groups excluding tert-OH is 1. The zero-order valence-corrected chi connectivity index (χ0v) is 36.4. The van der Waals surface area contributed by atoms with Crippen LogP contribution < -0.4 is 0 Å². The number of aliphatic carboxylic acids is 1. The molecule has 5 rings (SSSR count). The molecule has 1 spiro atoms. The second-order valence-electron chi connectivity index (χ2n) is 17.6. The smallest absolute Gasteiger partial charge is 1.00 e. The van der Waals surface area contributed by atoms with Crippen molar-refractivity contribution in [3.8, 4) is 0 Å². The van der Waals surface area contributed by atoms with Crippen molar-refractivity contribution in [2.45, 2.75) is 193 Å². The minimum Gasteiger partial charge on any atom is -1.00 e. The molecule has 3 N–H and O–H groups in total. The number of esters is 2. The average Bonchev–Trinajstić information content (AvgIpc) is 3.81. The molecule has 54 heavy (non-hydrogen) atoms. The van der Waals surface area contributed by atoms with Crippen molar-refractivity contribution < 1.29 is 65.7 Å². The van der Waals surface area contributed by atoms with Crippen LogP contribution in [0.1, 0.15) is 130 Å². The van der Waals surface area contributed by atoms with E-state index in [1.54, 1.807) is 13.8 Å². The Kier molecular flexibility index (Phi) is 15.1. The molecule has 13 nitrogen and oxygen atoms in total. The maximum atomic E-state index is 12.7. The van der Waals surface area contributed by atoms with E-state index in [4.69, 9.17) is 33.2 Å². The standard InChI is InChI=1S/C40H66O13.Ca.2H/c1-11-30(42)47-28-19-39(51-34(24(28)6)25(7)33(26(8)36(44)45)49-31(43)12-2)16-15-37(9,53-39)29-13-14-38(10,50-29)35-22(4)18-27(48-35)32-21(3)17-23(5)40(46,20-41)52-32;;;/h21-29,32-35,41,46H,11-20H2,1-10H3,(H,44,45);;;/q;+2;2*-1/t21-,22-,23+,24+,25-,26+,27+,28-,29+,32-,33+,34-,35?,37-,38-,39+,40-;;;/m0.../s1. The van der Waals surface area contributed by atoms with Gasteiger partial charge in [-0.05, 0) is 64.7 Å². The first-order valence-electron chi connectivity index (χ1n) is 20.1. The van der Waals surface area contributed by atoms with E-state index in [-0.39, 0.29) is 107 Å². The maximum absolute atomic E-state index is 12.7. The van der Waals surface area contributed by atoms with Crippen LogP contribution in [0.5, 0.6) is 0 Å². The molecule has 0 bridgehead atoms. The Labute approximate surface area is 354 Å². The van der Waals surface area contributed by atoms with Crippen LogP contribution in [0.4, 0.5) is 0 Å². The molecule has 5 heterocycles. The van der Waals surface area contributed by atoms with Crippen LogP contribution in [0.15, 0.2) is 0 Å². The van der Waals surface area contributed by atoms with Gasteiger partial charge in [-0.25, -0.2) is 0 Å². The Bertz CT molecular complexity index is 1350. The van der Waals surface area contributed by atoms with Gasteiger partial charge in [-0.2, -0.15) is 0 Å². The monoisotopic (exact) mass is 796 g/mol. The Morgan fingerprint density at radius 2 is 1.57 bits per heavy atom. The molecule has 5 saturated heterocycles. The largest absolute Gasteiger partial charge is 2.00 e. The van der Waals surface area contributed by atoms with Gasteiger partial charge in [0.15, 0.2) is 11.6 Å². The molecule has 0 amide bonds. The first kappa shape index (κ1) is 46.1. The number of carboxylic acid groups (broad SMARTS) is 1. The van der Waals surface area contributed by atoms with Crippen molar-refractivity contribution in [2.24, 2.45) is 35.5 Å². The van der Waals surface area contributed by atoms with Crippen LogP contribution in [-0.2, 0) is 47.5 Å². The summed E-state index contributed by atoms with van der Waals surface area (Å²) >= 11 is 0. The number of carbonyl (C=O) groups is 3. The van der Waals surface area contributed by atoms with E-state index in [0.29, 0.717) is 19.3 Å². The van der Waals surface area contributed by atoms with E-state index < -0.39 is 71.5 Å². The fourth-order valence-electron chi connectivity index (χ4n) is 10.0. The number of ether oxygens (including phenoxy) is 7. The molecule has 0 saturated carbocycles. The minimum absolute atomic E-state index is 0. The number of carbonyl (C=O) groups excluding carboxylic acids is 2. The molecular weight excluding hydrogens is 729 g/mol. The predicted octanol–water partition coefficient (Wildman–Crippen LogP) is 4.99. The summed E-state index contributed by atoms with van der Waals surface area (Å²) in [5.74, 6) is -6.44. The van der Waals surface area contributed by atoms with Crippen molar-refractivity contribution in [1.82, 2.24) is 0 Å². The molecule has 0 aliphatic carbocycles. The van der Waals surface area contributed by atoms with Gasteiger partial charge in [0.05, 0.1) is 54.2 Å². The van der Waals surface area contributed by atoms with Gasteiger partial charge in [-0.3, -0.25) is 14.4 Å². The predicted molar refractivity (Wildman–Crippen MR) is 199 cm³/mol. The molecule has 0 aromatic heterocycles.